The molecule has 0 saturated carbocycles. The van der Waals surface area contributed by atoms with Crippen LogP contribution in [0.25, 0.3) is 0 Å². The van der Waals surface area contributed by atoms with E-state index in [1.54, 1.807) is 6.07 Å². The summed E-state index contributed by atoms with van der Waals surface area (Å²) in [5, 5.41) is 7.49. The van der Waals surface area contributed by atoms with Crippen LogP contribution < -0.4 is 5.32 Å². The summed E-state index contributed by atoms with van der Waals surface area (Å²) in [4.78, 5) is 14.3. The van der Waals surface area contributed by atoms with Crippen molar-refractivity contribution in [3.63, 3.8) is 0 Å². The minimum absolute atomic E-state index is 0.349. The van der Waals surface area contributed by atoms with E-state index in [-0.39, 0.29) is 5.97 Å². The van der Waals surface area contributed by atoms with Gasteiger partial charge in [0.2, 0.25) is 0 Å². The lowest BCUT2D eigenvalue weighted by atomic mass is 10.4. The number of methoxy groups -OCH3 is 1. The van der Waals surface area contributed by atoms with Gasteiger partial charge in [-0.05, 0) is 24.6 Å². The molecule has 0 atom stereocenters. The summed E-state index contributed by atoms with van der Waals surface area (Å²) >= 11 is 0. The second-order valence-corrected chi connectivity index (χ2v) is 4.35. The number of carbonyl (C=O) groups is 1. The molecule has 0 bridgehead atoms. The summed E-state index contributed by atoms with van der Waals surface area (Å²) in [6.45, 7) is 4.33. The Bertz CT molecular complexity index is 544. The van der Waals surface area contributed by atoms with Gasteiger partial charge in [0.15, 0.2) is 0 Å². The Morgan fingerprint density at radius 2 is 2.37 bits per heavy atom. The number of hydrogen-bond acceptors (Lipinski definition) is 4. The number of nitrogens with zero attached hydrogens (tertiary/aromatic N) is 2. The van der Waals surface area contributed by atoms with Crippen molar-refractivity contribution < 1.29 is 9.53 Å². The summed E-state index contributed by atoms with van der Waals surface area (Å²) < 4.78 is 6.53. The third kappa shape index (κ3) is 3.69. The van der Waals surface area contributed by atoms with Crippen LogP contribution in [0, 0.1) is 6.92 Å². The van der Waals surface area contributed by atoms with E-state index in [4.69, 9.17) is 0 Å². The molecule has 0 aliphatic rings. The van der Waals surface area contributed by atoms with Gasteiger partial charge in [-0.2, -0.15) is 5.10 Å². The van der Waals surface area contributed by atoms with Crippen LogP contribution in [0.4, 0.5) is 0 Å². The minimum Gasteiger partial charge on any atom is -0.464 e. The monoisotopic (exact) mass is 262 g/mol. The first-order valence-electron chi connectivity index (χ1n) is 6.15. The molecule has 2 heterocycles. The summed E-state index contributed by atoms with van der Waals surface area (Å²) in [6, 6.07) is 3.59. The fourth-order valence-electron chi connectivity index (χ4n) is 1.78. The second kappa shape index (κ2) is 6.19. The standard InChI is InChI=1S/C13H18N4O2/c1-10-7-15-17(9-10)6-5-14-8-11-3-4-12(16-11)13(18)19-2/h3-4,7,9,14,16H,5-6,8H2,1-2H3. The molecule has 0 spiro atoms. The fourth-order valence-corrected chi connectivity index (χ4v) is 1.78. The van der Waals surface area contributed by atoms with Crippen molar-refractivity contribution >= 4 is 5.97 Å². The molecule has 6 nitrogen and oxygen atoms in total. The third-order valence-electron chi connectivity index (χ3n) is 2.75. The first-order chi connectivity index (χ1) is 9.19. The van der Waals surface area contributed by atoms with Crippen molar-refractivity contribution in [1.29, 1.82) is 0 Å². The SMILES string of the molecule is COC(=O)c1ccc(CNCCn2cc(C)cn2)[nH]1. The summed E-state index contributed by atoms with van der Waals surface area (Å²) in [5.74, 6) is -0.349. The van der Waals surface area contributed by atoms with E-state index in [9.17, 15) is 4.79 Å². The zero-order valence-electron chi connectivity index (χ0n) is 11.1. The molecule has 2 aromatic heterocycles. The third-order valence-corrected chi connectivity index (χ3v) is 2.75. The van der Waals surface area contributed by atoms with Crippen LogP contribution >= 0.6 is 0 Å². The predicted molar refractivity (Wildman–Crippen MR) is 70.8 cm³/mol. The van der Waals surface area contributed by atoms with Crippen molar-refractivity contribution in [3.8, 4) is 0 Å². The van der Waals surface area contributed by atoms with Crippen LogP contribution in [0.2, 0.25) is 0 Å². The number of nitrogens with one attached hydrogen (secondary N) is 2. The highest BCUT2D eigenvalue weighted by atomic mass is 16.5. The molecular formula is C13H18N4O2. The number of esters is 1. The van der Waals surface area contributed by atoms with Gasteiger partial charge in [-0.25, -0.2) is 4.79 Å². The molecule has 0 amide bonds. The van der Waals surface area contributed by atoms with Crippen LogP contribution in [-0.2, 0) is 17.8 Å². The van der Waals surface area contributed by atoms with E-state index in [1.165, 1.54) is 7.11 Å². The van der Waals surface area contributed by atoms with Crippen LogP contribution in [-0.4, -0.2) is 34.4 Å². The molecule has 0 aromatic carbocycles. The molecule has 102 valence electrons. The van der Waals surface area contributed by atoms with Gasteiger partial charge >= 0.3 is 5.97 Å². The molecule has 0 aliphatic carbocycles. The Kier molecular flexibility index (Phi) is 4.35. The second-order valence-electron chi connectivity index (χ2n) is 4.35. The van der Waals surface area contributed by atoms with Crippen LogP contribution in [0.5, 0.6) is 0 Å². The quantitative estimate of drug-likeness (QED) is 0.604. The Morgan fingerprint density at radius 3 is 3.05 bits per heavy atom. The molecule has 0 aliphatic heterocycles. The van der Waals surface area contributed by atoms with E-state index in [1.807, 2.05) is 30.1 Å². The van der Waals surface area contributed by atoms with Gasteiger partial charge in [-0.1, -0.05) is 0 Å². The average molecular weight is 262 g/mol. The molecule has 2 N–H and O–H groups in total. The molecule has 19 heavy (non-hydrogen) atoms. The maximum absolute atomic E-state index is 11.3. The average Bonchev–Trinajstić information content (AvgIpc) is 3.03. The lowest BCUT2D eigenvalue weighted by Crippen LogP contribution is -2.20. The van der Waals surface area contributed by atoms with E-state index in [0.29, 0.717) is 12.2 Å². The van der Waals surface area contributed by atoms with Gasteiger partial charge in [0.05, 0.1) is 19.9 Å². The van der Waals surface area contributed by atoms with Crippen molar-refractivity contribution in [2.45, 2.75) is 20.0 Å². The van der Waals surface area contributed by atoms with E-state index < -0.39 is 0 Å². The number of H-pyrrole nitrogens is 1. The summed E-state index contributed by atoms with van der Waals surface area (Å²) in [5.41, 5.74) is 2.59. The first-order valence-corrected chi connectivity index (χ1v) is 6.15. The topological polar surface area (TPSA) is 71.9 Å². The Balaban J connectivity index is 1.73. The van der Waals surface area contributed by atoms with Crippen LogP contribution in [0.15, 0.2) is 24.5 Å². The van der Waals surface area contributed by atoms with Gasteiger partial charge < -0.3 is 15.0 Å². The highest BCUT2D eigenvalue weighted by molar-refractivity contribution is 5.87. The number of rotatable bonds is 6. The summed E-state index contributed by atoms with van der Waals surface area (Å²) in [6.07, 6.45) is 3.85. The largest absolute Gasteiger partial charge is 0.464 e. The minimum atomic E-state index is -0.349. The van der Waals surface area contributed by atoms with Crippen molar-refractivity contribution in [3.05, 3.63) is 41.5 Å². The van der Waals surface area contributed by atoms with E-state index in [2.05, 4.69) is 20.1 Å². The zero-order valence-corrected chi connectivity index (χ0v) is 11.1. The van der Waals surface area contributed by atoms with Crippen molar-refractivity contribution in [2.24, 2.45) is 0 Å². The Labute approximate surface area is 111 Å². The molecule has 0 radical (unpaired) electrons. The van der Waals surface area contributed by atoms with Crippen LogP contribution in [0.3, 0.4) is 0 Å². The van der Waals surface area contributed by atoms with Crippen molar-refractivity contribution in [1.82, 2.24) is 20.1 Å². The van der Waals surface area contributed by atoms with Crippen molar-refractivity contribution in [2.75, 3.05) is 13.7 Å². The highest BCUT2D eigenvalue weighted by Crippen LogP contribution is 2.03. The lowest BCUT2D eigenvalue weighted by Gasteiger charge is -2.03. The lowest BCUT2D eigenvalue weighted by molar-refractivity contribution is 0.0594. The van der Waals surface area contributed by atoms with E-state index in [0.717, 1.165) is 24.3 Å². The number of hydrogen-bond donors (Lipinski definition) is 2. The smallest absolute Gasteiger partial charge is 0.354 e. The molecule has 2 aromatic rings. The maximum atomic E-state index is 11.3. The van der Waals surface area contributed by atoms with Gasteiger partial charge in [-0.15, -0.1) is 0 Å². The number of aryl methyl sites for hydroxylation is 1. The first kappa shape index (κ1) is 13.4. The molecule has 0 unspecified atom stereocenters. The molecule has 2 rings (SSSR count). The predicted octanol–water partition coefficient (Wildman–Crippen LogP) is 1.10. The number of ether oxygens (including phenoxy) is 1. The Hall–Kier alpha value is -2.08. The van der Waals surface area contributed by atoms with Crippen LogP contribution in [0.1, 0.15) is 21.7 Å². The maximum Gasteiger partial charge on any atom is 0.354 e. The summed E-state index contributed by atoms with van der Waals surface area (Å²) in [7, 11) is 1.37. The number of carbonyl (C=O) groups excluding carboxylic acids is 1. The number of aromatic nitrogens is 3. The highest BCUT2D eigenvalue weighted by Gasteiger charge is 2.07. The molecule has 0 fully saturated rings. The van der Waals surface area contributed by atoms with Gasteiger partial charge in [0.1, 0.15) is 5.69 Å². The molecule has 0 saturated heterocycles. The van der Waals surface area contributed by atoms with E-state index >= 15 is 0 Å². The number of aromatic amines is 1. The molecule has 6 heteroatoms. The van der Waals surface area contributed by atoms with Gasteiger partial charge in [0, 0.05) is 25.0 Å². The normalized spacial score (nSPS) is 10.6. The zero-order chi connectivity index (χ0) is 13.7. The fraction of sp³-hybridized carbons (Fsp3) is 0.385. The van der Waals surface area contributed by atoms with Gasteiger partial charge in [0.25, 0.3) is 0 Å². The van der Waals surface area contributed by atoms with Gasteiger partial charge in [-0.3, -0.25) is 4.68 Å². The molecular weight excluding hydrogens is 244 g/mol. The Morgan fingerprint density at radius 1 is 1.53 bits per heavy atom.